The van der Waals surface area contributed by atoms with Gasteiger partial charge < -0.3 is 14.8 Å². The molecule has 9 heteroatoms. The average Bonchev–Trinajstić information content (AvgIpc) is 3.36. The van der Waals surface area contributed by atoms with Gasteiger partial charge in [-0.3, -0.25) is 9.69 Å². The summed E-state index contributed by atoms with van der Waals surface area (Å²) in [4.78, 5) is 15.5. The van der Waals surface area contributed by atoms with Gasteiger partial charge in [-0.15, -0.1) is 0 Å². The Morgan fingerprint density at radius 1 is 1.12 bits per heavy atom. The molecule has 2 fully saturated rings. The van der Waals surface area contributed by atoms with E-state index in [1.165, 1.54) is 19.2 Å². The summed E-state index contributed by atoms with van der Waals surface area (Å²) in [5, 5.41) is 3.11. The molecule has 0 spiro atoms. The largest absolute Gasteiger partial charge is 0.495 e. The zero-order valence-electron chi connectivity index (χ0n) is 19.5. The number of benzene rings is 2. The molecule has 4 rings (SSSR count). The summed E-state index contributed by atoms with van der Waals surface area (Å²) in [5.41, 5.74) is 1.27. The number of morpholine rings is 1. The lowest BCUT2D eigenvalue weighted by molar-refractivity contribution is 0.0332. The Kier molecular flexibility index (Phi) is 8.20. The third kappa shape index (κ3) is 6.15. The Labute approximate surface area is 201 Å². The molecule has 0 bridgehead atoms. The summed E-state index contributed by atoms with van der Waals surface area (Å²) in [6.07, 6.45) is 3.66. The molecule has 34 heavy (non-hydrogen) atoms. The number of hydrogen-bond acceptors (Lipinski definition) is 6. The third-order valence-electron chi connectivity index (χ3n) is 6.44. The minimum absolute atomic E-state index is 0.0148. The molecule has 2 aliphatic rings. The molecule has 0 aromatic heterocycles. The standard InChI is InChI=1S/C25H33N3O5S/c1-32-23-12-11-20(17-24(23)34(30,31)27-21-9-5-6-10-21)25(29)26-22(19-7-3-2-4-8-19)18-28-13-15-33-16-14-28/h2-4,7-8,11-12,17,21-22,27H,5-6,9-10,13-16,18H2,1H3,(H,26,29). The predicted octanol–water partition coefficient (Wildman–Crippen LogP) is 2.72. The van der Waals surface area contributed by atoms with Crippen molar-refractivity contribution in [1.82, 2.24) is 14.9 Å². The third-order valence-corrected chi connectivity index (χ3v) is 7.99. The van der Waals surface area contributed by atoms with E-state index in [0.717, 1.165) is 44.3 Å². The number of rotatable bonds is 9. The molecule has 8 nitrogen and oxygen atoms in total. The van der Waals surface area contributed by atoms with Crippen LogP contribution < -0.4 is 14.8 Å². The zero-order chi connectivity index (χ0) is 24.0. The van der Waals surface area contributed by atoms with E-state index in [-0.39, 0.29) is 34.2 Å². The predicted molar refractivity (Wildman–Crippen MR) is 129 cm³/mol. The minimum atomic E-state index is -3.82. The van der Waals surface area contributed by atoms with Crippen molar-refractivity contribution in [2.24, 2.45) is 0 Å². The second-order valence-electron chi connectivity index (χ2n) is 8.82. The van der Waals surface area contributed by atoms with Gasteiger partial charge in [-0.2, -0.15) is 0 Å². The van der Waals surface area contributed by atoms with Crippen molar-refractivity contribution in [2.75, 3.05) is 40.0 Å². The zero-order valence-corrected chi connectivity index (χ0v) is 20.4. The lowest BCUT2D eigenvalue weighted by Crippen LogP contribution is -2.43. The first kappa shape index (κ1) is 24.7. The highest BCUT2D eigenvalue weighted by Crippen LogP contribution is 2.28. The lowest BCUT2D eigenvalue weighted by Gasteiger charge is -2.31. The molecule has 1 heterocycles. The van der Waals surface area contributed by atoms with Crippen LogP contribution in [0.5, 0.6) is 5.75 Å². The van der Waals surface area contributed by atoms with E-state index in [1.54, 1.807) is 6.07 Å². The summed E-state index contributed by atoms with van der Waals surface area (Å²) in [5.74, 6) is -0.114. The molecule has 1 saturated carbocycles. The maximum atomic E-state index is 13.3. The number of carbonyl (C=O) groups is 1. The van der Waals surface area contributed by atoms with Gasteiger partial charge in [0.15, 0.2) is 0 Å². The average molecular weight is 488 g/mol. The van der Waals surface area contributed by atoms with Gasteiger partial charge in [0, 0.05) is 31.2 Å². The van der Waals surface area contributed by atoms with E-state index in [0.29, 0.717) is 19.8 Å². The van der Waals surface area contributed by atoms with Crippen molar-refractivity contribution in [2.45, 2.75) is 42.7 Å². The van der Waals surface area contributed by atoms with Gasteiger partial charge in [-0.1, -0.05) is 43.2 Å². The van der Waals surface area contributed by atoms with Crippen LogP contribution in [0, 0.1) is 0 Å². The lowest BCUT2D eigenvalue weighted by atomic mass is 10.1. The van der Waals surface area contributed by atoms with Crippen LogP contribution in [0.2, 0.25) is 0 Å². The van der Waals surface area contributed by atoms with E-state index in [1.807, 2.05) is 30.3 Å². The van der Waals surface area contributed by atoms with Crippen LogP contribution in [0.1, 0.15) is 47.6 Å². The quantitative estimate of drug-likeness (QED) is 0.565. The van der Waals surface area contributed by atoms with Crippen LogP contribution in [0.3, 0.4) is 0 Å². The molecule has 2 N–H and O–H groups in total. The van der Waals surface area contributed by atoms with Crippen LogP contribution in [0.4, 0.5) is 0 Å². The smallest absolute Gasteiger partial charge is 0.251 e. The summed E-state index contributed by atoms with van der Waals surface area (Å²) >= 11 is 0. The molecular formula is C25H33N3O5S. The summed E-state index contributed by atoms with van der Waals surface area (Å²) < 4.78 is 39.8. The maximum Gasteiger partial charge on any atom is 0.251 e. The Bertz CT molecular complexity index is 1070. The normalized spacial score (nSPS) is 18.5. The number of methoxy groups -OCH3 is 1. The van der Waals surface area contributed by atoms with Gasteiger partial charge >= 0.3 is 0 Å². The van der Waals surface area contributed by atoms with Gasteiger partial charge in [-0.05, 0) is 36.6 Å². The molecule has 2 aromatic carbocycles. The fourth-order valence-corrected chi connectivity index (χ4v) is 6.06. The minimum Gasteiger partial charge on any atom is -0.495 e. The highest BCUT2D eigenvalue weighted by molar-refractivity contribution is 7.89. The number of carbonyl (C=O) groups excluding carboxylic acids is 1. The van der Waals surface area contributed by atoms with Crippen LogP contribution in [-0.4, -0.2) is 65.2 Å². The monoisotopic (exact) mass is 487 g/mol. The van der Waals surface area contributed by atoms with E-state index >= 15 is 0 Å². The Balaban J connectivity index is 1.56. The van der Waals surface area contributed by atoms with E-state index in [4.69, 9.17) is 9.47 Å². The second kappa shape index (κ2) is 11.3. The van der Waals surface area contributed by atoms with Crippen molar-refractivity contribution in [3.63, 3.8) is 0 Å². The Morgan fingerprint density at radius 2 is 1.82 bits per heavy atom. The van der Waals surface area contributed by atoms with Crippen molar-refractivity contribution >= 4 is 15.9 Å². The molecule has 2 aromatic rings. The first-order chi connectivity index (χ1) is 16.5. The molecule has 1 saturated heterocycles. The van der Waals surface area contributed by atoms with Gasteiger partial charge in [0.1, 0.15) is 10.6 Å². The number of nitrogens with zero attached hydrogens (tertiary/aromatic N) is 1. The molecule has 1 amide bonds. The highest BCUT2D eigenvalue weighted by atomic mass is 32.2. The maximum absolute atomic E-state index is 13.3. The second-order valence-corrected chi connectivity index (χ2v) is 10.5. The molecule has 1 atom stereocenters. The van der Waals surface area contributed by atoms with Crippen LogP contribution in [-0.2, 0) is 14.8 Å². The SMILES string of the molecule is COc1ccc(C(=O)NC(CN2CCOCC2)c2ccccc2)cc1S(=O)(=O)NC1CCCC1. The molecular weight excluding hydrogens is 454 g/mol. The molecule has 184 valence electrons. The van der Waals surface area contributed by atoms with Crippen molar-refractivity contribution in [3.8, 4) is 5.75 Å². The number of ether oxygens (including phenoxy) is 2. The molecule has 1 aliphatic heterocycles. The van der Waals surface area contributed by atoms with Crippen LogP contribution >= 0.6 is 0 Å². The van der Waals surface area contributed by atoms with E-state index in [2.05, 4.69) is 14.9 Å². The van der Waals surface area contributed by atoms with Crippen molar-refractivity contribution in [1.29, 1.82) is 0 Å². The highest BCUT2D eigenvalue weighted by Gasteiger charge is 2.27. The van der Waals surface area contributed by atoms with Crippen LogP contribution in [0.25, 0.3) is 0 Å². The number of sulfonamides is 1. The first-order valence-electron chi connectivity index (χ1n) is 11.8. The summed E-state index contributed by atoms with van der Waals surface area (Å²) in [6, 6.07) is 14.0. The van der Waals surface area contributed by atoms with E-state index in [9.17, 15) is 13.2 Å². The number of hydrogen-bond donors (Lipinski definition) is 2. The number of amides is 1. The van der Waals surface area contributed by atoms with E-state index < -0.39 is 10.0 Å². The van der Waals surface area contributed by atoms with Crippen molar-refractivity contribution in [3.05, 3.63) is 59.7 Å². The van der Waals surface area contributed by atoms with Gasteiger partial charge in [-0.25, -0.2) is 13.1 Å². The summed E-state index contributed by atoms with van der Waals surface area (Å²) in [6.45, 7) is 3.59. The molecule has 0 radical (unpaired) electrons. The first-order valence-corrected chi connectivity index (χ1v) is 13.3. The fraction of sp³-hybridized carbons (Fsp3) is 0.480. The van der Waals surface area contributed by atoms with Crippen molar-refractivity contribution < 1.29 is 22.7 Å². The Morgan fingerprint density at radius 3 is 2.50 bits per heavy atom. The molecule has 1 unspecified atom stereocenters. The topological polar surface area (TPSA) is 97.0 Å². The Hall–Kier alpha value is -2.46. The summed E-state index contributed by atoms with van der Waals surface area (Å²) in [7, 11) is -2.39. The van der Waals surface area contributed by atoms with Crippen LogP contribution in [0.15, 0.2) is 53.4 Å². The van der Waals surface area contributed by atoms with Gasteiger partial charge in [0.25, 0.3) is 5.91 Å². The van der Waals surface area contributed by atoms with Gasteiger partial charge in [0.05, 0.1) is 26.4 Å². The number of nitrogens with one attached hydrogen (secondary N) is 2. The van der Waals surface area contributed by atoms with Gasteiger partial charge in [0.2, 0.25) is 10.0 Å². The fourth-order valence-electron chi connectivity index (χ4n) is 4.56. The molecule has 1 aliphatic carbocycles.